The largest absolute Gasteiger partial charge is 0.489 e. The van der Waals surface area contributed by atoms with E-state index < -0.39 is 0 Å². The minimum atomic E-state index is 0.285. The molecule has 0 radical (unpaired) electrons. The summed E-state index contributed by atoms with van der Waals surface area (Å²) in [5.41, 5.74) is 2.31. The van der Waals surface area contributed by atoms with Crippen LogP contribution in [0.3, 0.4) is 0 Å². The van der Waals surface area contributed by atoms with Crippen LogP contribution in [0.15, 0.2) is 16.9 Å². The van der Waals surface area contributed by atoms with Crippen LogP contribution in [0.4, 0.5) is 0 Å². The van der Waals surface area contributed by atoms with Crippen LogP contribution in [0.5, 0.6) is 5.75 Å². The Morgan fingerprint density at radius 1 is 1.67 bits per heavy atom. The van der Waals surface area contributed by atoms with Crippen LogP contribution in [0.1, 0.15) is 22.1 Å². The number of hydrogen-bond donors (Lipinski definition) is 1. The molecule has 0 spiro atoms. The van der Waals surface area contributed by atoms with Gasteiger partial charge < -0.3 is 9.72 Å². The van der Waals surface area contributed by atoms with Gasteiger partial charge >= 0.3 is 0 Å². The highest BCUT2D eigenvalue weighted by molar-refractivity contribution is 9.10. The Hall–Kier alpha value is -0.810. The van der Waals surface area contributed by atoms with Crippen LogP contribution in [-0.2, 0) is 0 Å². The van der Waals surface area contributed by atoms with Gasteiger partial charge in [-0.05, 0) is 40.5 Å². The summed E-state index contributed by atoms with van der Waals surface area (Å²) < 4.78 is 11.0. The molecule has 0 aromatic carbocycles. The topological polar surface area (TPSA) is 37.9 Å². The number of fused-ring (bicyclic) bond motifs is 1. The highest BCUT2D eigenvalue weighted by Crippen LogP contribution is 2.42. The Labute approximate surface area is 99.8 Å². The van der Waals surface area contributed by atoms with E-state index in [1.54, 1.807) is 11.5 Å². The SMILES string of the molecule is Cc1cc(C2COc3c2c[nH]c3Br)ns1. The molecular weight excluding hydrogens is 276 g/mol. The van der Waals surface area contributed by atoms with E-state index >= 15 is 0 Å². The van der Waals surface area contributed by atoms with Crippen LogP contribution in [0.25, 0.3) is 0 Å². The van der Waals surface area contributed by atoms with Gasteiger partial charge in [0.2, 0.25) is 0 Å². The summed E-state index contributed by atoms with van der Waals surface area (Å²) in [4.78, 5) is 4.36. The van der Waals surface area contributed by atoms with Crippen molar-refractivity contribution in [2.45, 2.75) is 12.8 Å². The van der Waals surface area contributed by atoms with Gasteiger partial charge in [-0.1, -0.05) is 0 Å². The van der Waals surface area contributed by atoms with E-state index in [1.807, 2.05) is 6.20 Å². The van der Waals surface area contributed by atoms with E-state index in [0.717, 1.165) is 16.0 Å². The summed E-state index contributed by atoms with van der Waals surface area (Å²) in [6.07, 6.45) is 1.99. The van der Waals surface area contributed by atoms with Gasteiger partial charge in [0.05, 0.1) is 11.6 Å². The molecule has 1 aliphatic rings. The van der Waals surface area contributed by atoms with Gasteiger partial charge in [0, 0.05) is 16.6 Å². The number of hydrogen-bond acceptors (Lipinski definition) is 3. The Bertz CT molecular complexity index is 505. The summed E-state index contributed by atoms with van der Waals surface area (Å²) in [6, 6.07) is 2.13. The first kappa shape index (κ1) is 9.42. The van der Waals surface area contributed by atoms with Crippen molar-refractivity contribution in [1.29, 1.82) is 0 Å². The number of H-pyrrole nitrogens is 1. The van der Waals surface area contributed by atoms with Gasteiger partial charge in [0.15, 0.2) is 5.75 Å². The van der Waals surface area contributed by atoms with Gasteiger partial charge in [-0.3, -0.25) is 0 Å². The van der Waals surface area contributed by atoms with Crippen LogP contribution in [0.2, 0.25) is 0 Å². The summed E-state index contributed by atoms with van der Waals surface area (Å²) in [5, 5.41) is 0. The molecule has 2 aromatic heterocycles. The Morgan fingerprint density at radius 2 is 2.53 bits per heavy atom. The van der Waals surface area contributed by atoms with E-state index in [4.69, 9.17) is 4.74 Å². The van der Waals surface area contributed by atoms with Gasteiger partial charge in [-0.2, -0.15) is 4.37 Å². The maximum Gasteiger partial charge on any atom is 0.155 e. The molecule has 0 saturated carbocycles. The predicted molar refractivity (Wildman–Crippen MR) is 62.7 cm³/mol. The van der Waals surface area contributed by atoms with Crippen molar-refractivity contribution < 1.29 is 4.74 Å². The standard InChI is InChI=1S/C10H9BrN2OS/c1-5-2-8(13-15-5)7-4-14-9-6(7)3-12-10(9)11/h2-3,7,12H,4H2,1H3. The Kier molecular flexibility index (Phi) is 2.10. The molecule has 0 fully saturated rings. The molecule has 2 aromatic rings. The van der Waals surface area contributed by atoms with Crippen molar-refractivity contribution in [3.63, 3.8) is 0 Å². The molecule has 3 nitrogen and oxygen atoms in total. The number of aromatic nitrogens is 2. The van der Waals surface area contributed by atoms with Crippen molar-refractivity contribution in [2.75, 3.05) is 6.61 Å². The molecular formula is C10H9BrN2OS. The number of halogens is 1. The van der Waals surface area contributed by atoms with Crippen LogP contribution in [-0.4, -0.2) is 16.0 Å². The Morgan fingerprint density at radius 3 is 3.27 bits per heavy atom. The fourth-order valence-corrected chi connectivity index (χ4v) is 2.92. The maximum absolute atomic E-state index is 5.63. The first-order valence-electron chi connectivity index (χ1n) is 4.68. The van der Waals surface area contributed by atoms with Crippen molar-refractivity contribution in [1.82, 2.24) is 9.36 Å². The minimum Gasteiger partial charge on any atom is -0.489 e. The van der Waals surface area contributed by atoms with E-state index in [2.05, 4.69) is 38.3 Å². The molecule has 78 valence electrons. The molecule has 1 N–H and O–H groups in total. The van der Waals surface area contributed by atoms with Gasteiger partial charge in [-0.25, -0.2) is 0 Å². The molecule has 3 rings (SSSR count). The normalized spacial score (nSPS) is 18.9. The van der Waals surface area contributed by atoms with E-state index in [1.165, 1.54) is 10.4 Å². The van der Waals surface area contributed by atoms with Crippen molar-refractivity contribution in [3.8, 4) is 5.75 Å². The zero-order chi connectivity index (χ0) is 10.4. The monoisotopic (exact) mass is 284 g/mol. The number of rotatable bonds is 1. The highest BCUT2D eigenvalue weighted by Gasteiger charge is 2.30. The molecule has 0 amide bonds. The third-order valence-corrected chi connectivity index (χ3v) is 3.89. The van der Waals surface area contributed by atoms with Gasteiger partial charge in [-0.15, -0.1) is 0 Å². The molecule has 1 unspecified atom stereocenters. The van der Waals surface area contributed by atoms with Crippen LogP contribution in [0, 0.1) is 6.92 Å². The lowest BCUT2D eigenvalue weighted by atomic mass is 10.0. The quantitative estimate of drug-likeness (QED) is 0.874. The predicted octanol–water partition coefficient (Wildman–Crippen LogP) is 3.07. The summed E-state index contributed by atoms with van der Waals surface area (Å²) in [7, 11) is 0. The summed E-state index contributed by atoms with van der Waals surface area (Å²) in [6.45, 7) is 2.77. The molecule has 0 saturated heterocycles. The lowest BCUT2D eigenvalue weighted by Crippen LogP contribution is -2.02. The fourth-order valence-electron chi connectivity index (χ4n) is 1.86. The smallest absolute Gasteiger partial charge is 0.155 e. The number of ether oxygens (including phenoxy) is 1. The van der Waals surface area contributed by atoms with Crippen LogP contribution < -0.4 is 4.74 Å². The lowest BCUT2D eigenvalue weighted by Gasteiger charge is -2.02. The van der Waals surface area contributed by atoms with E-state index in [-0.39, 0.29) is 5.92 Å². The second-order valence-corrected chi connectivity index (χ2v) is 5.42. The van der Waals surface area contributed by atoms with E-state index in [0.29, 0.717) is 6.61 Å². The van der Waals surface area contributed by atoms with Crippen molar-refractivity contribution >= 4 is 27.5 Å². The fraction of sp³-hybridized carbons (Fsp3) is 0.300. The van der Waals surface area contributed by atoms with E-state index in [9.17, 15) is 0 Å². The third kappa shape index (κ3) is 1.41. The lowest BCUT2D eigenvalue weighted by molar-refractivity contribution is 0.339. The van der Waals surface area contributed by atoms with Crippen molar-refractivity contribution in [2.24, 2.45) is 0 Å². The maximum atomic E-state index is 5.63. The summed E-state index contributed by atoms with van der Waals surface area (Å²) in [5.74, 6) is 1.22. The Balaban J connectivity index is 2.03. The second-order valence-electron chi connectivity index (χ2n) is 3.61. The third-order valence-electron chi connectivity index (χ3n) is 2.59. The number of nitrogens with zero attached hydrogens (tertiary/aromatic N) is 1. The highest BCUT2D eigenvalue weighted by atomic mass is 79.9. The zero-order valence-electron chi connectivity index (χ0n) is 8.08. The number of nitrogens with one attached hydrogen (secondary N) is 1. The summed E-state index contributed by atoms with van der Waals surface area (Å²) >= 11 is 4.97. The zero-order valence-corrected chi connectivity index (χ0v) is 10.5. The second kappa shape index (κ2) is 3.35. The average molecular weight is 285 g/mol. The van der Waals surface area contributed by atoms with Crippen molar-refractivity contribution in [3.05, 3.63) is 33.0 Å². The number of aryl methyl sites for hydroxylation is 1. The minimum absolute atomic E-state index is 0.285. The van der Waals surface area contributed by atoms with Crippen LogP contribution >= 0.6 is 27.5 Å². The molecule has 5 heteroatoms. The average Bonchev–Trinajstić information content (AvgIpc) is 2.84. The molecule has 1 atom stereocenters. The molecule has 3 heterocycles. The number of aromatic amines is 1. The first-order valence-corrected chi connectivity index (χ1v) is 6.25. The van der Waals surface area contributed by atoms with Gasteiger partial charge in [0.1, 0.15) is 11.2 Å². The first-order chi connectivity index (χ1) is 7.25. The molecule has 0 aliphatic carbocycles. The molecule has 0 bridgehead atoms. The molecule has 15 heavy (non-hydrogen) atoms. The van der Waals surface area contributed by atoms with Gasteiger partial charge in [0.25, 0.3) is 0 Å². The molecule has 1 aliphatic heterocycles.